The van der Waals surface area contributed by atoms with Crippen LogP contribution in [0.2, 0.25) is 18.4 Å². The van der Waals surface area contributed by atoms with E-state index in [2.05, 4.69) is 68.3 Å². The molecule has 1 aliphatic rings. The van der Waals surface area contributed by atoms with E-state index >= 15 is 0 Å². The monoisotopic (exact) mass is 463 g/mol. The Morgan fingerprint density at radius 3 is 2.28 bits per heavy atom. The minimum atomic E-state index is -1.79. The zero-order chi connectivity index (χ0) is 13.8. The molecule has 1 nitrogen and oxygen atoms in total. The molecule has 0 aromatic heterocycles. The normalized spacial score (nSPS) is 18.6. The second-order valence-corrected chi connectivity index (χ2v) is 24.0. The van der Waals surface area contributed by atoms with Crippen LogP contribution in [0.4, 0.5) is 0 Å². The molecule has 4 heteroatoms. The van der Waals surface area contributed by atoms with Crippen LogP contribution in [-0.4, -0.2) is 19.5 Å². The van der Waals surface area contributed by atoms with Crippen molar-refractivity contribution in [1.82, 2.24) is 0 Å². The summed E-state index contributed by atoms with van der Waals surface area (Å²) in [6.07, 6.45) is 9.24. The van der Waals surface area contributed by atoms with Crippen molar-refractivity contribution in [3.63, 3.8) is 0 Å². The van der Waals surface area contributed by atoms with Crippen LogP contribution in [0, 0.1) is 0 Å². The summed E-state index contributed by atoms with van der Waals surface area (Å²) in [6.45, 7) is 9.26. The van der Waals surface area contributed by atoms with E-state index in [0.29, 0.717) is 3.43 Å². The average Bonchev–Trinajstić information content (AvgIpc) is 2.77. The molecule has 0 heterocycles. The molecule has 0 aromatic carbocycles. The van der Waals surface area contributed by atoms with Crippen LogP contribution in [0.15, 0.2) is 35.6 Å². The number of hydrogen-bond donors (Lipinski definition) is 0. The third-order valence-corrected chi connectivity index (χ3v) is 25.1. The SMILES string of the molecule is CC(C)=C[SiH2]O[SiH2][C](C)(C)[Pt]([CH3])([CH3])[CH]1C=CC=C1. The standard InChI is InChI=1S/C7H17OSi2.C5H5.2CH3.Pt/c1-6(2)5-9-8-10-7(3)4;1-2-4-5-3-1;;;/h5H,9-10H2,1-4H3;1-5H;2*1H3;. The van der Waals surface area contributed by atoms with Crippen LogP contribution >= 0.6 is 0 Å². The zero-order valence-corrected chi connectivity index (χ0v) is 17.7. The topological polar surface area (TPSA) is 9.23 Å². The van der Waals surface area contributed by atoms with E-state index < -0.39 is 35.6 Å². The summed E-state index contributed by atoms with van der Waals surface area (Å²) in [7, 11) is -0.815. The van der Waals surface area contributed by atoms with Crippen LogP contribution in [-0.2, 0) is 20.2 Å². The molecule has 0 atom stereocenters. The number of hydrogen-bond acceptors (Lipinski definition) is 1. The molecular weight excluding hydrogens is 435 g/mol. The molecule has 0 amide bonds. The van der Waals surface area contributed by atoms with E-state index in [-0.39, 0.29) is 0 Å². The maximum absolute atomic E-state index is 6.15. The molecular formula is C14H28OPtSi2. The van der Waals surface area contributed by atoms with E-state index in [9.17, 15) is 0 Å². The van der Waals surface area contributed by atoms with Crippen LogP contribution in [0.25, 0.3) is 0 Å². The first-order valence-electron chi connectivity index (χ1n) is 6.27. The van der Waals surface area contributed by atoms with Gasteiger partial charge in [0.2, 0.25) is 0 Å². The molecule has 1 aliphatic carbocycles. The van der Waals surface area contributed by atoms with Crippen molar-refractivity contribution in [2.75, 3.05) is 0 Å². The Bertz CT molecular complexity index is 354. The van der Waals surface area contributed by atoms with Gasteiger partial charge in [-0.1, -0.05) is 0 Å². The summed E-state index contributed by atoms with van der Waals surface area (Å²) >= 11 is -1.79. The van der Waals surface area contributed by atoms with Gasteiger partial charge in [0.15, 0.2) is 0 Å². The molecule has 0 bridgehead atoms. The molecule has 1 rings (SSSR count). The van der Waals surface area contributed by atoms with Gasteiger partial charge in [-0.05, 0) is 0 Å². The first-order chi connectivity index (χ1) is 8.27. The molecule has 0 spiro atoms. The van der Waals surface area contributed by atoms with E-state index in [1.807, 2.05) is 0 Å². The summed E-state index contributed by atoms with van der Waals surface area (Å²) in [6, 6.07) is 0. The molecule has 108 valence electrons. The number of rotatable bonds is 6. The Morgan fingerprint density at radius 2 is 1.78 bits per heavy atom. The van der Waals surface area contributed by atoms with Gasteiger partial charge in [-0.2, -0.15) is 0 Å². The van der Waals surface area contributed by atoms with Crippen molar-refractivity contribution in [1.29, 1.82) is 0 Å². The fourth-order valence-electron chi connectivity index (χ4n) is 1.62. The van der Waals surface area contributed by atoms with Gasteiger partial charge in [0.1, 0.15) is 0 Å². The fourth-order valence-corrected chi connectivity index (χ4v) is 15.6. The Morgan fingerprint density at radius 1 is 1.22 bits per heavy atom. The van der Waals surface area contributed by atoms with E-state index in [1.54, 1.807) is 0 Å². The van der Waals surface area contributed by atoms with Crippen molar-refractivity contribution < 1.29 is 20.2 Å². The van der Waals surface area contributed by atoms with Crippen molar-refractivity contribution in [3.05, 3.63) is 35.6 Å². The minimum absolute atomic E-state index is 0.403. The maximum atomic E-state index is 6.15. The third kappa shape index (κ3) is 4.16. The van der Waals surface area contributed by atoms with Gasteiger partial charge in [0.25, 0.3) is 0 Å². The van der Waals surface area contributed by atoms with Crippen LogP contribution in [0.3, 0.4) is 0 Å². The van der Waals surface area contributed by atoms with E-state index in [1.165, 1.54) is 5.57 Å². The summed E-state index contributed by atoms with van der Waals surface area (Å²) in [5, 5.41) is 5.13. The molecule has 0 saturated carbocycles. The Labute approximate surface area is 121 Å². The van der Waals surface area contributed by atoms with E-state index in [4.69, 9.17) is 4.12 Å². The zero-order valence-electron chi connectivity index (χ0n) is 12.6. The van der Waals surface area contributed by atoms with Crippen LogP contribution in [0.5, 0.6) is 0 Å². The third-order valence-electron chi connectivity index (χ3n) is 3.35. The van der Waals surface area contributed by atoms with Gasteiger partial charge in [-0.25, -0.2) is 0 Å². The molecule has 0 unspecified atom stereocenters. The van der Waals surface area contributed by atoms with Crippen molar-refractivity contribution >= 4 is 19.5 Å². The Balaban J connectivity index is 2.58. The molecule has 0 aromatic rings. The molecule has 0 N–H and O–H groups in total. The molecule has 0 saturated heterocycles. The summed E-state index contributed by atoms with van der Waals surface area (Å²) in [4.78, 5) is 0. The van der Waals surface area contributed by atoms with Gasteiger partial charge in [0.05, 0.1) is 0 Å². The summed E-state index contributed by atoms with van der Waals surface area (Å²) in [5.74, 6) is 0. The quantitative estimate of drug-likeness (QED) is 0.433. The second-order valence-electron chi connectivity index (χ2n) is 5.69. The molecule has 0 aliphatic heterocycles. The van der Waals surface area contributed by atoms with Gasteiger partial charge in [0, 0.05) is 0 Å². The van der Waals surface area contributed by atoms with Gasteiger partial charge < -0.3 is 0 Å². The van der Waals surface area contributed by atoms with Crippen molar-refractivity contribution in [2.24, 2.45) is 0 Å². The molecule has 0 fully saturated rings. The first kappa shape index (κ1) is 16.4. The van der Waals surface area contributed by atoms with Gasteiger partial charge in [-0.15, -0.1) is 0 Å². The summed E-state index contributed by atoms with van der Waals surface area (Å²) < 4.78 is 7.40. The predicted molar refractivity (Wildman–Crippen MR) is 85.4 cm³/mol. The predicted octanol–water partition coefficient (Wildman–Crippen LogP) is 3.41. The molecule has 0 radical (unpaired) electrons. The Kier molecular flexibility index (Phi) is 6.04. The van der Waals surface area contributed by atoms with Crippen molar-refractivity contribution in [2.45, 2.75) is 46.1 Å². The average molecular weight is 464 g/mol. The number of allylic oxidation sites excluding steroid dienone is 5. The molecule has 18 heavy (non-hydrogen) atoms. The fraction of sp³-hybridized carbons (Fsp3) is 0.571. The summed E-state index contributed by atoms with van der Waals surface area (Å²) in [5.41, 5.74) is 3.74. The Hall–Kier alpha value is 0.302. The first-order valence-corrected chi connectivity index (χ1v) is 15.9. The van der Waals surface area contributed by atoms with Crippen LogP contribution < -0.4 is 0 Å². The van der Waals surface area contributed by atoms with Gasteiger partial charge >= 0.3 is 121 Å². The second kappa shape index (κ2) is 6.65. The van der Waals surface area contributed by atoms with E-state index in [0.717, 1.165) is 4.31 Å². The van der Waals surface area contributed by atoms with Gasteiger partial charge in [-0.3, -0.25) is 0 Å². The van der Waals surface area contributed by atoms with Crippen molar-refractivity contribution in [3.8, 4) is 0 Å². The van der Waals surface area contributed by atoms with Crippen LogP contribution in [0.1, 0.15) is 27.7 Å².